The second-order valence-corrected chi connectivity index (χ2v) is 4.91. The Bertz CT molecular complexity index is 269. The van der Waals surface area contributed by atoms with Gasteiger partial charge in [0.2, 0.25) is 0 Å². The molecule has 2 fully saturated rings. The van der Waals surface area contributed by atoms with E-state index >= 15 is 0 Å². The first kappa shape index (κ1) is 9.93. The highest BCUT2D eigenvalue weighted by molar-refractivity contribution is 5.82. The van der Waals surface area contributed by atoms with Gasteiger partial charge in [-0.15, -0.1) is 0 Å². The van der Waals surface area contributed by atoms with Crippen LogP contribution >= 0.6 is 0 Å². The number of ether oxygens (including phenoxy) is 3. The molecule has 0 saturated carbocycles. The first-order valence-corrected chi connectivity index (χ1v) is 4.86. The highest BCUT2D eigenvalue weighted by Gasteiger charge is 2.57. The molecule has 2 heterocycles. The summed E-state index contributed by atoms with van der Waals surface area (Å²) in [6, 6.07) is 0. The molecule has 0 aromatic rings. The van der Waals surface area contributed by atoms with Gasteiger partial charge in [0.25, 0.3) is 0 Å². The topological polar surface area (TPSA) is 44.8 Å². The fourth-order valence-corrected chi connectivity index (χ4v) is 1.88. The Morgan fingerprint density at radius 2 is 1.93 bits per heavy atom. The Balaban J connectivity index is 2.03. The van der Waals surface area contributed by atoms with E-state index < -0.39 is 11.2 Å². The predicted molar refractivity (Wildman–Crippen MR) is 48.6 cm³/mol. The maximum atomic E-state index is 11.2. The van der Waals surface area contributed by atoms with Gasteiger partial charge in [0.05, 0.1) is 6.61 Å². The van der Waals surface area contributed by atoms with Crippen molar-refractivity contribution in [3.63, 3.8) is 0 Å². The van der Waals surface area contributed by atoms with Crippen molar-refractivity contribution in [3.8, 4) is 0 Å². The Kier molecular flexibility index (Phi) is 1.92. The van der Waals surface area contributed by atoms with Crippen molar-refractivity contribution in [3.05, 3.63) is 0 Å². The van der Waals surface area contributed by atoms with E-state index in [1.807, 2.05) is 27.7 Å². The molecule has 80 valence electrons. The zero-order valence-electron chi connectivity index (χ0n) is 8.99. The van der Waals surface area contributed by atoms with Crippen molar-refractivity contribution in [2.45, 2.75) is 45.7 Å². The van der Waals surface area contributed by atoms with E-state index in [-0.39, 0.29) is 18.2 Å². The van der Waals surface area contributed by atoms with E-state index in [9.17, 15) is 4.79 Å². The molecular weight excluding hydrogens is 184 g/mol. The fourth-order valence-electron chi connectivity index (χ4n) is 1.88. The van der Waals surface area contributed by atoms with Crippen LogP contribution in [0.15, 0.2) is 0 Å². The molecule has 0 aromatic heterocycles. The quantitative estimate of drug-likeness (QED) is 0.594. The van der Waals surface area contributed by atoms with Crippen LogP contribution in [-0.4, -0.2) is 30.6 Å². The summed E-state index contributed by atoms with van der Waals surface area (Å²) in [5, 5.41) is 0. The molecule has 0 N–H and O–H groups in total. The average Bonchev–Trinajstić information content (AvgIpc) is 2.41. The molecule has 0 amide bonds. The number of rotatable bonds is 1. The standard InChI is InChI=1S/C10H16O4/c1-9(2)7(13-8(9)11)6-5-12-10(3,4)14-6/h6-7H,5H2,1-4H3/t6-,7-/m0/s1. The lowest BCUT2D eigenvalue weighted by atomic mass is 9.79. The first-order chi connectivity index (χ1) is 6.33. The second kappa shape index (κ2) is 2.70. The van der Waals surface area contributed by atoms with Crippen LogP contribution in [0.1, 0.15) is 27.7 Å². The Morgan fingerprint density at radius 3 is 2.29 bits per heavy atom. The predicted octanol–water partition coefficient (Wildman–Crippen LogP) is 1.09. The van der Waals surface area contributed by atoms with Crippen molar-refractivity contribution in [2.75, 3.05) is 6.61 Å². The van der Waals surface area contributed by atoms with Gasteiger partial charge in [-0.1, -0.05) is 0 Å². The minimum Gasteiger partial charge on any atom is -0.458 e. The van der Waals surface area contributed by atoms with Crippen molar-refractivity contribution >= 4 is 5.97 Å². The largest absolute Gasteiger partial charge is 0.458 e. The molecule has 2 rings (SSSR count). The van der Waals surface area contributed by atoms with Gasteiger partial charge in [-0.2, -0.15) is 0 Å². The number of hydrogen-bond donors (Lipinski definition) is 0. The molecule has 2 aliphatic rings. The van der Waals surface area contributed by atoms with E-state index in [1.54, 1.807) is 0 Å². The van der Waals surface area contributed by atoms with Gasteiger partial charge >= 0.3 is 5.97 Å². The average molecular weight is 200 g/mol. The summed E-state index contributed by atoms with van der Waals surface area (Å²) in [6.45, 7) is 7.96. The number of esters is 1. The van der Waals surface area contributed by atoms with Crippen LogP contribution in [0.25, 0.3) is 0 Å². The maximum absolute atomic E-state index is 11.2. The van der Waals surface area contributed by atoms with Gasteiger partial charge in [-0.25, -0.2) is 0 Å². The molecule has 0 aromatic carbocycles. The Morgan fingerprint density at radius 1 is 1.29 bits per heavy atom. The molecule has 0 radical (unpaired) electrons. The monoisotopic (exact) mass is 200 g/mol. The van der Waals surface area contributed by atoms with E-state index in [1.165, 1.54) is 0 Å². The number of hydrogen-bond acceptors (Lipinski definition) is 4. The molecule has 4 nitrogen and oxygen atoms in total. The molecule has 2 saturated heterocycles. The van der Waals surface area contributed by atoms with Gasteiger partial charge in [0, 0.05) is 0 Å². The number of carbonyl (C=O) groups is 1. The molecule has 2 aliphatic heterocycles. The van der Waals surface area contributed by atoms with Crippen molar-refractivity contribution < 1.29 is 19.0 Å². The van der Waals surface area contributed by atoms with Crippen LogP contribution in [-0.2, 0) is 19.0 Å². The molecule has 0 bridgehead atoms. The third kappa shape index (κ3) is 1.33. The third-order valence-electron chi connectivity index (χ3n) is 2.84. The lowest BCUT2D eigenvalue weighted by molar-refractivity contribution is -0.227. The molecule has 0 unspecified atom stereocenters. The van der Waals surface area contributed by atoms with Gasteiger partial charge in [0.1, 0.15) is 17.6 Å². The molecule has 0 spiro atoms. The summed E-state index contributed by atoms with van der Waals surface area (Å²) in [5.41, 5.74) is -0.436. The zero-order chi connectivity index (χ0) is 10.6. The number of carbonyl (C=O) groups excluding carboxylic acids is 1. The second-order valence-electron chi connectivity index (χ2n) is 4.91. The lowest BCUT2D eigenvalue weighted by Crippen LogP contribution is -2.59. The lowest BCUT2D eigenvalue weighted by Gasteiger charge is -2.44. The van der Waals surface area contributed by atoms with Crippen LogP contribution in [0.4, 0.5) is 0 Å². The van der Waals surface area contributed by atoms with Gasteiger partial charge in [0.15, 0.2) is 5.79 Å². The third-order valence-corrected chi connectivity index (χ3v) is 2.84. The molecule has 4 heteroatoms. The van der Waals surface area contributed by atoms with Crippen LogP contribution in [0.2, 0.25) is 0 Å². The van der Waals surface area contributed by atoms with Gasteiger partial charge in [-0.05, 0) is 27.7 Å². The van der Waals surface area contributed by atoms with Crippen LogP contribution in [0.3, 0.4) is 0 Å². The normalized spacial score (nSPS) is 39.0. The molecular formula is C10H16O4. The Hall–Kier alpha value is -0.610. The van der Waals surface area contributed by atoms with Crippen molar-refractivity contribution in [1.82, 2.24) is 0 Å². The molecule has 0 aliphatic carbocycles. The van der Waals surface area contributed by atoms with Crippen molar-refractivity contribution in [1.29, 1.82) is 0 Å². The summed E-state index contributed by atoms with van der Waals surface area (Å²) in [5.74, 6) is -0.709. The first-order valence-electron chi connectivity index (χ1n) is 4.86. The minimum atomic E-state index is -0.553. The smallest absolute Gasteiger partial charge is 0.315 e. The minimum absolute atomic E-state index is 0.127. The van der Waals surface area contributed by atoms with E-state index in [4.69, 9.17) is 14.2 Å². The molecule has 2 atom stereocenters. The summed E-state index contributed by atoms with van der Waals surface area (Å²) >= 11 is 0. The Labute approximate surface area is 83.5 Å². The summed E-state index contributed by atoms with van der Waals surface area (Å²) < 4.78 is 16.1. The van der Waals surface area contributed by atoms with E-state index in [2.05, 4.69) is 0 Å². The van der Waals surface area contributed by atoms with E-state index in [0.717, 1.165) is 0 Å². The highest BCUT2D eigenvalue weighted by Crippen LogP contribution is 2.41. The maximum Gasteiger partial charge on any atom is 0.315 e. The van der Waals surface area contributed by atoms with Gasteiger partial charge < -0.3 is 14.2 Å². The highest BCUT2D eigenvalue weighted by atomic mass is 16.8. The summed E-state index contributed by atoms with van der Waals surface area (Å²) in [6.07, 6.45) is -0.297. The fraction of sp³-hybridized carbons (Fsp3) is 0.900. The van der Waals surface area contributed by atoms with Crippen LogP contribution in [0, 0.1) is 5.41 Å². The van der Waals surface area contributed by atoms with Gasteiger partial charge in [-0.3, -0.25) is 4.79 Å². The van der Waals surface area contributed by atoms with Crippen LogP contribution < -0.4 is 0 Å². The SMILES string of the molecule is CC1(C)OC[C@@H]([C@@H]2OC(=O)C2(C)C)O1. The zero-order valence-corrected chi connectivity index (χ0v) is 8.99. The molecule has 14 heavy (non-hydrogen) atoms. The van der Waals surface area contributed by atoms with Crippen LogP contribution in [0.5, 0.6) is 0 Å². The summed E-state index contributed by atoms with van der Waals surface area (Å²) in [7, 11) is 0. The summed E-state index contributed by atoms with van der Waals surface area (Å²) in [4.78, 5) is 11.2. The van der Waals surface area contributed by atoms with Crippen molar-refractivity contribution in [2.24, 2.45) is 5.41 Å². The number of cyclic esters (lactones) is 1. The van der Waals surface area contributed by atoms with E-state index in [0.29, 0.717) is 6.61 Å².